The molecule has 0 aliphatic carbocycles. The van der Waals surface area contributed by atoms with Crippen molar-refractivity contribution in [3.8, 4) is 11.1 Å². The Morgan fingerprint density at radius 2 is 1.02 bits per heavy atom. The Balaban J connectivity index is 0.00000235. The van der Waals surface area contributed by atoms with Gasteiger partial charge in [0.25, 0.3) is 0 Å². The Morgan fingerprint density at radius 1 is 0.600 bits per heavy atom. The van der Waals surface area contributed by atoms with Crippen molar-refractivity contribution in [2.24, 2.45) is 11.8 Å². The molecule has 246 valence electrons. The van der Waals surface area contributed by atoms with Gasteiger partial charge in [-0.25, -0.2) is 0 Å². The number of piperazine rings is 3. The molecule has 3 aliphatic heterocycles. The second-order valence-electron chi connectivity index (χ2n) is 12.6. The Labute approximate surface area is 285 Å². The second kappa shape index (κ2) is 17.3. The number of nitrogens with zero attached hydrogens (tertiary/aromatic N) is 2. The number of unbranched alkanes of at least 4 members (excludes halogenated alkanes) is 1. The van der Waals surface area contributed by atoms with Crippen molar-refractivity contribution in [1.82, 2.24) is 0 Å². The number of carboxylic acids is 2. The average molecular weight is 679 g/mol. The Morgan fingerprint density at radius 3 is 1.47 bits per heavy atom. The van der Waals surface area contributed by atoms with Crippen LogP contribution in [0.1, 0.15) is 29.5 Å². The molecule has 45 heavy (non-hydrogen) atoms. The zero-order chi connectivity index (χ0) is 29.6. The summed E-state index contributed by atoms with van der Waals surface area (Å²) in [5, 5.41) is 19.8. The molecule has 0 radical (unpaired) electrons. The van der Waals surface area contributed by atoms with Gasteiger partial charge in [-0.2, -0.15) is 0 Å². The molecule has 6 rings (SSSR count). The summed E-state index contributed by atoms with van der Waals surface area (Å²) in [6, 6.07) is 26.0. The minimum absolute atomic E-state index is 0. The lowest BCUT2D eigenvalue weighted by Gasteiger charge is -2.55. The molecule has 0 aromatic heterocycles. The van der Waals surface area contributed by atoms with Gasteiger partial charge in [-0.05, 0) is 35.1 Å². The van der Waals surface area contributed by atoms with Crippen molar-refractivity contribution in [2.45, 2.75) is 32.2 Å². The molecule has 3 aliphatic rings. The monoisotopic (exact) mass is 677 g/mol. The Hall–Kier alpha value is -2.65. The molecule has 10 heteroatoms. The third-order valence-electron chi connectivity index (χ3n) is 9.91. The number of hydrogen-bond acceptors (Lipinski definition) is 2. The van der Waals surface area contributed by atoms with Crippen LogP contribution in [0.2, 0.25) is 0 Å². The van der Waals surface area contributed by atoms with Gasteiger partial charge in [0.1, 0.15) is 45.8 Å². The van der Waals surface area contributed by atoms with Crippen LogP contribution in [0.4, 0.5) is 0 Å². The highest BCUT2D eigenvalue weighted by atomic mass is 35.5. The first-order chi connectivity index (χ1) is 20.3. The van der Waals surface area contributed by atoms with Crippen LogP contribution in [-0.2, 0) is 29.0 Å². The van der Waals surface area contributed by atoms with Gasteiger partial charge in [-0.15, -0.1) is 0 Å². The van der Waals surface area contributed by atoms with Crippen LogP contribution in [-0.4, -0.2) is 83.5 Å². The fraction of sp³-hybridized carbons (Fsp3) is 0.429. The number of quaternary nitrogens is 3. The van der Waals surface area contributed by atoms with E-state index < -0.39 is 23.8 Å². The first-order valence-corrected chi connectivity index (χ1v) is 15.5. The molecular formula is C35H46Cl3N3O4. The minimum Gasteiger partial charge on any atom is -1.00 e. The maximum Gasteiger partial charge on any atom is 0.307 e. The van der Waals surface area contributed by atoms with Crippen LogP contribution < -0.4 is 43.0 Å². The third-order valence-corrected chi connectivity index (χ3v) is 9.91. The number of aliphatic carboxylic acids is 2. The van der Waals surface area contributed by atoms with E-state index in [0.717, 1.165) is 35.3 Å². The molecule has 3 aromatic rings. The molecule has 3 fully saturated rings. The normalized spacial score (nSPS) is 21.4. The number of fused-ring (bicyclic) bond motifs is 3. The summed E-state index contributed by atoms with van der Waals surface area (Å²) in [6.45, 7) is 11.2. The number of carbonyl (C=O) groups is 2. The predicted molar refractivity (Wildman–Crippen MR) is 163 cm³/mol. The zero-order valence-corrected chi connectivity index (χ0v) is 28.1. The van der Waals surface area contributed by atoms with E-state index >= 15 is 0 Å². The number of benzene rings is 3. The van der Waals surface area contributed by atoms with Crippen LogP contribution in [0.3, 0.4) is 0 Å². The molecule has 0 saturated carbocycles. The molecular weight excluding hydrogens is 633 g/mol. The lowest BCUT2D eigenvalue weighted by Crippen LogP contribution is -3.00. The highest BCUT2D eigenvalue weighted by Crippen LogP contribution is 2.31. The molecule has 2 bridgehead atoms. The Kier molecular flexibility index (Phi) is 14.8. The van der Waals surface area contributed by atoms with Crippen molar-refractivity contribution < 1.29 is 71.7 Å². The van der Waals surface area contributed by atoms with Gasteiger partial charge in [0.05, 0.1) is 24.9 Å². The van der Waals surface area contributed by atoms with E-state index in [0.29, 0.717) is 0 Å². The fourth-order valence-corrected chi connectivity index (χ4v) is 7.09. The molecule has 2 atom stereocenters. The van der Waals surface area contributed by atoms with Crippen LogP contribution in [0.15, 0.2) is 78.9 Å². The summed E-state index contributed by atoms with van der Waals surface area (Å²) in [7, 11) is 0. The van der Waals surface area contributed by atoms with Gasteiger partial charge >= 0.3 is 11.9 Å². The SMILES string of the molecule is [Cl-].[Cl-].[Cl-].[NH3+]CCCC[N+]12CC[N+](Cc3ccc(-c4ccc(C[C@H](C(=O)O)[C@H](Cc5ccccc5)C(=O)O)cc4)cc3)(CC1)CC2. The molecule has 7 nitrogen and oxygen atoms in total. The van der Waals surface area contributed by atoms with Gasteiger partial charge in [0.15, 0.2) is 0 Å². The van der Waals surface area contributed by atoms with Gasteiger partial charge in [0, 0.05) is 18.4 Å². The Bertz CT molecular complexity index is 1330. The number of halogens is 3. The van der Waals surface area contributed by atoms with Gasteiger partial charge in [-0.1, -0.05) is 78.9 Å². The highest BCUT2D eigenvalue weighted by molar-refractivity contribution is 5.80. The summed E-state index contributed by atoms with van der Waals surface area (Å²) >= 11 is 0. The van der Waals surface area contributed by atoms with Crippen LogP contribution in [0.25, 0.3) is 11.1 Å². The van der Waals surface area contributed by atoms with Crippen molar-refractivity contribution in [3.63, 3.8) is 0 Å². The smallest absolute Gasteiger partial charge is 0.307 e. The van der Waals surface area contributed by atoms with E-state index in [1.807, 2.05) is 54.6 Å². The average Bonchev–Trinajstić information content (AvgIpc) is 3.01. The quantitative estimate of drug-likeness (QED) is 0.117. The minimum atomic E-state index is -1.08. The van der Waals surface area contributed by atoms with Crippen molar-refractivity contribution in [3.05, 3.63) is 95.6 Å². The fourth-order valence-electron chi connectivity index (χ4n) is 7.09. The third kappa shape index (κ3) is 9.67. The van der Waals surface area contributed by atoms with E-state index in [9.17, 15) is 19.8 Å². The number of rotatable bonds is 14. The lowest BCUT2D eigenvalue weighted by molar-refractivity contribution is -1.09. The molecule has 3 saturated heterocycles. The maximum atomic E-state index is 12.2. The largest absolute Gasteiger partial charge is 1.00 e. The summed E-state index contributed by atoms with van der Waals surface area (Å²) < 4.78 is 2.54. The van der Waals surface area contributed by atoms with E-state index in [-0.39, 0.29) is 50.1 Å². The summed E-state index contributed by atoms with van der Waals surface area (Å²) in [5.41, 5.74) is 9.25. The van der Waals surface area contributed by atoms with Crippen LogP contribution >= 0.6 is 0 Å². The molecule has 5 N–H and O–H groups in total. The lowest BCUT2D eigenvalue weighted by atomic mass is 9.82. The van der Waals surface area contributed by atoms with Crippen LogP contribution in [0.5, 0.6) is 0 Å². The maximum absolute atomic E-state index is 12.2. The van der Waals surface area contributed by atoms with Crippen LogP contribution in [0, 0.1) is 11.8 Å². The summed E-state index contributed by atoms with van der Waals surface area (Å²) in [6.07, 6.45) is 2.92. The molecule has 0 unspecified atom stereocenters. The van der Waals surface area contributed by atoms with Crippen molar-refractivity contribution in [1.29, 1.82) is 0 Å². The van der Waals surface area contributed by atoms with E-state index in [4.69, 9.17) is 0 Å². The van der Waals surface area contributed by atoms with E-state index in [1.165, 1.54) is 73.2 Å². The summed E-state index contributed by atoms with van der Waals surface area (Å²) in [5.74, 6) is -4.17. The van der Waals surface area contributed by atoms with Crippen molar-refractivity contribution >= 4 is 11.9 Å². The van der Waals surface area contributed by atoms with Gasteiger partial charge < -0.3 is 62.1 Å². The number of carboxylic acid groups (broad SMARTS) is 2. The second-order valence-corrected chi connectivity index (χ2v) is 12.6. The van der Waals surface area contributed by atoms with E-state index in [2.05, 4.69) is 30.0 Å². The predicted octanol–water partition coefficient (Wildman–Crippen LogP) is -5.26. The zero-order valence-electron chi connectivity index (χ0n) is 25.8. The molecule has 3 aromatic carbocycles. The molecule has 0 spiro atoms. The molecule has 3 heterocycles. The number of hydrogen-bond donors (Lipinski definition) is 3. The first kappa shape index (κ1) is 38.5. The van der Waals surface area contributed by atoms with E-state index in [1.54, 1.807) is 0 Å². The topological polar surface area (TPSA) is 102 Å². The summed E-state index contributed by atoms with van der Waals surface area (Å²) in [4.78, 5) is 24.2. The first-order valence-electron chi connectivity index (χ1n) is 15.5. The highest BCUT2D eigenvalue weighted by Gasteiger charge is 2.48. The molecule has 0 amide bonds. The van der Waals surface area contributed by atoms with Gasteiger partial charge in [0.2, 0.25) is 0 Å². The standard InChI is InChI=1S/C35H43N3O4.3ClH/c36-16-4-5-17-37-18-21-38(22-19-37,23-20-37)26-29-10-14-31(15-11-29)30-12-8-28(9-13-30)25-33(35(41)42)32(34(39)40)24-27-6-2-1-3-7-27;;;/h1-3,6-15,32-33H,4-5,16-26,36H2;3*1H/t32-,33-,37?,38?;;;/m0.../s1. The van der Waals surface area contributed by atoms with Gasteiger partial charge in [-0.3, -0.25) is 9.59 Å². The van der Waals surface area contributed by atoms with Crippen molar-refractivity contribution in [2.75, 3.05) is 52.4 Å².